The predicted octanol–water partition coefficient (Wildman–Crippen LogP) is 8.98. The molecule has 0 saturated heterocycles. The molecule has 0 saturated carbocycles. The van der Waals surface area contributed by atoms with Crippen molar-refractivity contribution in [1.82, 2.24) is 15.0 Å². The van der Waals surface area contributed by atoms with E-state index in [-0.39, 0.29) is 5.41 Å². The molecule has 5 aromatic carbocycles. The quantitative estimate of drug-likeness (QED) is 0.183. The molecule has 1 atom stereocenters. The summed E-state index contributed by atoms with van der Waals surface area (Å²) >= 11 is 0. The predicted molar refractivity (Wildman–Crippen MR) is 194 cm³/mol. The molecule has 0 fully saturated rings. The molecule has 0 bridgehead atoms. The molecule has 1 aliphatic carbocycles. The van der Waals surface area contributed by atoms with E-state index < -0.39 is 8.07 Å². The summed E-state index contributed by atoms with van der Waals surface area (Å²) in [7, 11) is -1.71. The van der Waals surface area contributed by atoms with Crippen molar-refractivity contribution in [2.75, 3.05) is 0 Å². The molecule has 8 rings (SSSR count). The smallest absolute Gasteiger partial charge is 0.164 e. The van der Waals surface area contributed by atoms with E-state index in [9.17, 15) is 0 Å². The van der Waals surface area contributed by atoms with Gasteiger partial charge in [0.1, 0.15) is 8.07 Å². The van der Waals surface area contributed by atoms with E-state index >= 15 is 0 Å². The first kappa shape index (κ1) is 28.3. The summed E-state index contributed by atoms with van der Waals surface area (Å²) in [5.74, 6) is 2.02. The van der Waals surface area contributed by atoms with Crippen LogP contribution in [0.1, 0.15) is 24.5 Å². The molecule has 3 nitrogen and oxygen atoms in total. The van der Waals surface area contributed by atoms with Crippen LogP contribution >= 0.6 is 0 Å². The van der Waals surface area contributed by atoms with Gasteiger partial charge in [0.25, 0.3) is 0 Å². The fourth-order valence-electron chi connectivity index (χ4n) is 6.97. The summed E-state index contributed by atoms with van der Waals surface area (Å²) in [6.07, 6.45) is 8.05. The third-order valence-electron chi connectivity index (χ3n) is 9.80. The van der Waals surface area contributed by atoms with Gasteiger partial charge in [-0.3, -0.25) is 0 Å². The molecule has 1 unspecified atom stereocenters. The van der Waals surface area contributed by atoms with Crippen molar-refractivity contribution in [3.05, 3.63) is 157 Å². The summed E-state index contributed by atoms with van der Waals surface area (Å²) in [5.41, 5.74) is 9.58. The zero-order chi connectivity index (χ0) is 31.3. The van der Waals surface area contributed by atoms with E-state index in [0.717, 1.165) is 23.1 Å². The Hall–Kier alpha value is -5.19. The van der Waals surface area contributed by atoms with E-state index in [2.05, 4.69) is 105 Å². The largest absolute Gasteiger partial charge is 0.208 e. The lowest BCUT2D eigenvalue weighted by molar-refractivity contribution is 0.602. The standard InChI is InChI=1S/C42H35N3Si/c1-42(34-22-23-36-35-16-10-11-17-37(35)46(2,3)38(36)28-34)26-24-30(25-27-42)29-18-20-33(21-19-29)41-44-39(31-12-6-4-7-13-31)43-40(45-41)32-14-8-5-9-15-32/h4-26,28H,27H2,1-3H3. The highest BCUT2D eigenvalue weighted by Gasteiger charge is 2.38. The number of aromatic nitrogens is 3. The molecular weight excluding hydrogens is 575 g/mol. The first-order valence-corrected chi connectivity index (χ1v) is 19.0. The van der Waals surface area contributed by atoms with E-state index in [1.807, 2.05) is 60.7 Å². The van der Waals surface area contributed by atoms with Gasteiger partial charge in [-0.2, -0.15) is 0 Å². The lowest BCUT2D eigenvalue weighted by atomic mass is 9.75. The Morgan fingerprint density at radius 2 is 1.07 bits per heavy atom. The van der Waals surface area contributed by atoms with Crippen molar-refractivity contribution >= 4 is 24.0 Å². The minimum Gasteiger partial charge on any atom is -0.208 e. The second-order valence-electron chi connectivity index (χ2n) is 13.2. The van der Waals surface area contributed by atoms with Gasteiger partial charge in [0, 0.05) is 22.1 Å². The number of rotatable bonds is 5. The molecule has 2 heterocycles. The molecule has 4 heteroatoms. The van der Waals surface area contributed by atoms with E-state index in [1.165, 1.54) is 27.8 Å². The van der Waals surface area contributed by atoms with Crippen molar-refractivity contribution in [3.63, 3.8) is 0 Å². The monoisotopic (exact) mass is 609 g/mol. The van der Waals surface area contributed by atoms with Gasteiger partial charge in [0.2, 0.25) is 0 Å². The summed E-state index contributed by atoms with van der Waals surface area (Å²) in [6.45, 7) is 7.35. The molecule has 6 aromatic rings. The lowest BCUT2D eigenvalue weighted by Crippen LogP contribution is -2.49. The number of hydrogen-bond acceptors (Lipinski definition) is 3. The minimum absolute atomic E-state index is 0.0374. The van der Waals surface area contributed by atoms with Gasteiger partial charge in [0.05, 0.1) is 0 Å². The topological polar surface area (TPSA) is 38.7 Å². The molecule has 2 aliphatic rings. The normalized spacial score (nSPS) is 17.7. The number of nitrogens with zero attached hydrogens (tertiary/aromatic N) is 3. The van der Waals surface area contributed by atoms with Gasteiger partial charge in [-0.1, -0.05) is 166 Å². The van der Waals surface area contributed by atoms with Crippen molar-refractivity contribution in [3.8, 4) is 45.3 Å². The van der Waals surface area contributed by atoms with Gasteiger partial charge >= 0.3 is 0 Å². The maximum Gasteiger partial charge on any atom is 0.164 e. The van der Waals surface area contributed by atoms with Crippen LogP contribution in [-0.4, -0.2) is 23.0 Å². The third-order valence-corrected chi connectivity index (χ3v) is 13.3. The Labute approximate surface area is 272 Å². The molecule has 1 aliphatic heterocycles. The van der Waals surface area contributed by atoms with E-state index in [1.54, 1.807) is 10.4 Å². The fraction of sp³-hybridized carbons (Fsp3) is 0.119. The maximum atomic E-state index is 4.89. The highest BCUT2D eigenvalue weighted by molar-refractivity contribution is 7.03. The number of allylic oxidation sites excluding steroid dienone is 4. The molecule has 222 valence electrons. The molecule has 0 radical (unpaired) electrons. The van der Waals surface area contributed by atoms with Gasteiger partial charge in [-0.05, 0) is 44.6 Å². The second kappa shape index (κ2) is 11.0. The Bertz CT molecular complexity index is 2090. The average molecular weight is 610 g/mol. The van der Waals surface area contributed by atoms with Crippen molar-refractivity contribution in [2.24, 2.45) is 0 Å². The molecule has 0 N–H and O–H groups in total. The van der Waals surface area contributed by atoms with Crippen LogP contribution in [0.2, 0.25) is 13.1 Å². The number of hydrogen-bond donors (Lipinski definition) is 0. The first-order chi connectivity index (χ1) is 22.4. The fourth-order valence-corrected chi connectivity index (χ4v) is 10.1. The summed E-state index contributed by atoms with van der Waals surface area (Å²) in [5, 5.41) is 3.12. The molecule has 0 amide bonds. The van der Waals surface area contributed by atoms with Crippen LogP contribution in [0, 0.1) is 0 Å². The zero-order valence-electron chi connectivity index (χ0n) is 26.4. The molecule has 46 heavy (non-hydrogen) atoms. The maximum absolute atomic E-state index is 4.89. The van der Waals surface area contributed by atoms with Gasteiger partial charge in [-0.15, -0.1) is 0 Å². The SMILES string of the molecule is CC1(c2ccc3c(c2)[Si](C)(C)c2ccccc2-3)C=CC(c2ccc(-c3nc(-c4ccccc4)nc(-c4ccccc4)n3)cc2)=CC1. The minimum atomic E-state index is -1.71. The molecule has 0 spiro atoms. The summed E-state index contributed by atoms with van der Waals surface area (Å²) in [6, 6.07) is 45.1. The van der Waals surface area contributed by atoms with Crippen LogP contribution < -0.4 is 10.4 Å². The van der Waals surface area contributed by atoms with Crippen molar-refractivity contribution in [2.45, 2.75) is 31.9 Å². The van der Waals surface area contributed by atoms with Gasteiger partial charge in [0.15, 0.2) is 17.5 Å². The first-order valence-electron chi connectivity index (χ1n) is 16.0. The highest BCUT2D eigenvalue weighted by atomic mass is 28.3. The molecular formula is C42H35N3Si. The average Bonchev–Trinajstić information content (AvgIpc) is 3.35. The van der Waals surface area contributed by atoms with Crippen molar-refractivity contribution in [1.29, 1.82) is 0 Å². The zero-order valence-corrected chi connectivity index (χ0v) is 27.4. The number of fused-ring (bicyclic) bond motifs is 3. The molecule has 1 aromatic heterocycles. The lowest BCUT2D eigenvalue weighted by Gasteiger charge is -2.30. The van der Waals surface area contributed by atoms with Crippen LogP contribution in [0.25, 0.3) is 50.9 Å². The van der Waals surface area contributed by atoms with Crippen molar-refractivity contribution < 1.29 is 0 Å². The summed E-state index contributed by atoms with van der Waals surface area (Å²) < 4.78 is 0. The van der Waals surface area contributed by atoms with Crippen LogP contribution in [0.4, 0.5) is 0 Å². The number of benzene rings is 5. The Morgan fingerprint density at radius 1 is 0.543 bits per heavy atom. The second-order valence-corrected chi connectivity index (χ2v) is 17.5. The van der Waals surface area contributed by atoms with Gasteiger partial charge in [-0.25, -0.2) is 15.0 Å². The van der Waals surface area contributed by atoms with Crippen LogP contribution in [-0.2, 0) is 5.41 Å². The van der Waals surface area contributed by atoms with Gasteiger partial charge < -0.3 is 0 Å². The third kappa shape index (κ3) is 4.86. The van der Waals surface area contributed by atoms with Crippen LogP contribution in [0.5, 0.6) is 0 Å². The Morgan fingerprint density at radius 3 is 1.65 bits per heavy atom. The Balaban J connectivity index is 1.07. The van der Waals surface area contributed by atoms with E-state index in [4.69, 9.17) is 15.0 Å². The van der Waals surface area contributed by atoms with Crippen LogP contribution in [0.3, 0.4) is 0 Å². The Kier molecular flexibility index (Phi) is 6.77. The van der Waals surface area contributed by atoms with Crippen LogP contribution in [0.15, 0.2) is 146 Å². The highest BCUT2D eigenvalue weighted by Crippen LogP contribution is 2.38. The summed E-state index contributed by atoms with van der Waals surface area (Å²) in [4.78, 5) is 14.6. The van der Waals surface area contributed by atoms with E-state index in [0.29, 0.717) is 17.5 Å².